The van der Waals surface area contributed by atoms with Gasteiger partial charge in [-0.15, -0.1) is 0 Å². The minimum Gasteiger partial charge on any atom is -0.477 e. The van der Waals surface area contributed by atoms with Crippen LogP contribution in [0.4, 0.5) is 0 Å². The Morgan fingerprint density at radius 1 is 1.14 bits per heavy atom. The molecule has 0 unspecified atom stereocenters. The average Bonchev–Trinajstić information content (AvgIpc) is 3.29. The number of hydrogen-bond donors (Lipinski definition) is 2. The Kier molecular flexibility index (Phi) is 5.23. The van der Waals surface area contributed by atoms with Crippen LogP contribution in [0.1, 0.15) is 58.4 Å². The van der Waals surface area contributed by atoms with Crippen LogP contribution in [0.3, 0.4) is 0 Å². The lowest BCUT2D eigenvalue weighted by Crippen LogP contribution is -2.26. The maximum atomic E-state index is 12.3. The number of nitrogens with zero attached hydrogens (tertiary/aromatic N) is 1. The van der Waals surface area contributed by atoms with E-state index < -0.39 is 5.97 Å². The lowest BCUT2D eigenvalue weighted by Gasteiger charge is -2.14. The van der Waals surface area contributed by atoms with Gasteiger partial charge >= 0.3 is 5.97 Å². The maximum absolute atomic E-state index is 12.3. The first kappa shape index (κ1) is 18.8. The number of fused-ring (bicyclic) bond motifs is 1. The first-order chi connectivity index (χ1) is 13.5. The molecule has 4 nitrogen and oxygen atoms in total. The van der Waals surface area contributed by atoms with Gasteiger partial charge in [0, 0.05) is 35.6 Å². The second-order valence-corrected chi connectivity index (χ2v) is 8.03. The molecule has 2 aromatic carbocycles. The number of nitrogens with one attached hydrogen (secondary N) is 1. The van der Waals surface area contributed by atoms with Crippen molar-refractivity contribution in [3.63, 3.8) is 0 Å². The zero-order chi connectivity index (χ0) is 19.7. The van der Waals surface area contributed by atoms with Gasteiger partial charge in [-0.05, 0) is 43.9 Å². The van der Waals surface area contributed by atoms with E-state index in [9.17, 15) is 9.90 Å². The highest BCUT2D eigenvalue weighted by Gasteiger charge is 2.24. The van der Waals surface area contributed by atoms with E-state index in [1.165, 1.54) is 42.4 Å². The average molecular weight is 377 g/mol. The largest absolute Gasteiger partial charge is 0.477 e. The summed E-state index contributed by atoms with van der Waals surface area (Å²) >= 11 is 0. The summed E-state index contributed by atoms with van der Waals surface area (Å²) in [6.45, 7) is 5.33. The van der Waals surface area contributed by atoms with Gasteiger partial charge in [0.25, 0.3) is 0 Å². The van der Waals surface area contributed by atoms with Crippen molar-refractivity contribution in [2.24, 2.45) is 0 Å². The van der Waals surface area contributed by atoms with Gasteiger partial charge in [0.2, 0.25) is 0 Å². The fourth-order valence-electron chi connectivity index (χ4n) is 4.48. The van der Waals surface area contributed by atoms with E-state index in [0.29, 0.717) is 24.8 Å². The Morgan fingerprint density at radius 3 is 2.64 bits per heavy atom. The lowest BCUT2D eigenvalue weighted by atomic mass is 10.1. The SMILES string of the molecule is Cc1ccc(C)c(Cn2c(C(=O)O)c(CNC3CCCC3)c3ccccc32)c1. The van der Waals surface area contributed by atoms with E-state index in [4.69, 9.17) is 0 Å². The zero-order valence-corrected chi connectivity index (χ0v) is 16.7. The highest BCUT2D eigenvalue weighted by molar-refractivity contribution is 5.98. The fourth-order valence-corrected chi connectivity index (χ4v) is 4.48. The summed E-state index contributed by atoms with van der Waals surface area (Å²) in [5.74, 6) is -0.857. The number of carboxylic acid groups (broad SMARTS) is 1. The van der Waals surface area contributed by atoms with Crippen molar-refractivity contribution < 1.29 is 9.90 Å². The van der Waals surface area contributed by atoms with Crippen LogP contribution in [-0.4, -0.2) is 21.7 Å². The standard InChI is InChI=1S/C24H28N2O2/c1-16-11-12-17(2)18(13-16)15-26-22-10-6-5-9-20(22)21(23(26)24(27)28)14-25-19-7-3-4-8-19/h5-6,9-13,19,25H,3-4,7-8,14-15H2,1-2H3,(H,27,28). The smallest absolute Gasteiger partial charge is 0.352 e. The molecule has 28 heavy (non-hydrogen) atoms. The number of rotatable bonds is 6. The second kappa shape index (κ2) is 7.80. The third-order valence-electron chi connectivity index (χ3n) is 6.03. The molecule has 1 saturated carbocycles. The Labute approximate surface area is 166 Å². The fraction of sp³-hybridized carbons (Fsp3) is 0.375. The Balaban J connectivity index is 1.79. The summed E-state index contributed by atoms with van der Waals surface area (Å²) < 4.78 is 1.98. The van der Waals surface area contributed by atoms with Crippen LogP contribution >= 0.6 is 0 Å². The normalized spacial score (nSPS) is 14.8. The van der Waals surface area contributed by atoms with Crippen LogP contribution in [0.5, 0.6) is 0 Å². The highest BCUT2D eigenvalue weighted by atomic mass is 16.4. The van der Waals surface area contributed by atoms with E-state index in [1.807, 2.05) is 28.8 Å². The molecule has 2 N–H and O–H groups in total. The third-order valence-corrected chi connectivity index (χ3v) is 6.03. The van der Waals surface area contributed by atoms with Crippen molar-refractivity contribution in [3.05, 3.63) is 70.4 Å². The number of aromatic nitrogens is 1. The molecule has 1 aromatic heterocycles. The van der Waals surface area contributed by atoms with Gasteiger partial charge in [0.1, 0.15) is 5.69 Å². The number of carbonyl (C=O) groups is 1. The molecule has 1 fully saturated rings. The Morgan fingerprint density at radius 2 is 1.89 bits per heavy atom. The van der Waals surface area contributed by atoms with E-state index in [0.717, 1.165) is 16.5 Å². The summed E-state index contributed by atoms with van der Waals surface area (Å²) in [4.78, 5) is 12.3. The lowest BCUT2D eigenvalue weighted by molar-refractivity contribution is 0.0684. The number of para-hydroxylation sites is 1. The summed E-state index contributed by atoms with van der Waals surface area (Å²) in [5.41, 5.74) is 5.85. The molecule has 4 heteroatoms. The van der Waals surface area contributed by atoms with E-state index >= 15 is 0 Å². The molecule has 0 bridgehead atoms. The van der Waals surface area contributed by atoms with E-state index in [2.05, 4.69) is 37.4 Å². The topological polar surface area (TPSA) is 54.3 Å². The van der Waals surface area contributed by atoms with Crippen molar-refractivity contribution in [2.75, 3.05) is 0 Å². The molecule has 3 aromatic rings. The van der Waals surface area contributed by atoms with Gasteiger partial charge in [0.15, 0.2) is 0 Å². The van der Waals surface area contributed by atoms with Crippen molar-refractivity contribution in [1.82, 2.24) is 9.88 Å². The summed E-state index contributed by atoms with van der Waals surface area (Å²) in [6, 6.07) is 14.9. The molecule has 0 aliphatic heterocycles. The van der Waals surface area contributed by atoms with Crippen LogP contribution in [-0.2, 0) is 13.1 Å². The summed E-state index contributed by atoms with van der Waals surface area (Å²) in [6.07, 6.45) is 4.89. The van der Waals surface area contributed by atoms with Crippen LogP contribution in [0.2, 0.25) is 0 Å². The molecule has 0 radical (unpaired) electrons. The molecule has 4 rings (SSSR count). The van der Waals surface area contributed by atoms with Crippen LogP contribution in [0, 0.1) is 13.8 Å². The molecular formula is C24H28N2O2. The van der Waals surface area contributed by atoms with E-state index in [1.54, 1.807) is 0 Å². The monoisotopic (exact) mass is 376 g/mol. The first-order valence-corrected chi connectivity index (χ1v) is 10.2. The molecular weight excluding hydrogens is 348 g/mol. The minimum absolute atomic E-state index is 0.410. The number of aromatic carboxylic acids is 1. The zero-order valence-electron chi connectivity index (χ0n) is 16.7. The Bertz CT molecular complexity index is 1010. The highest BCUT2D eigenvalue weighted by Crippen LogP contribution is 2.29. The molecule has 0 amide bonds. The van der Waals surface area contributed by atoms with Gasteiger partial charge in [-0.25, -0.2) is 4.79 Å². The maximum Gasteiger partial charge on any atom is 0.352 e. The van der Waals surface area contributed by atoms with Gasteiger partial charge in [-0.3, -0.25) is 0 Å². The molecule has 0 saturated heterocycles. The quantitative estimate of drug-likeness (QED) is 0.634. The first-order valence-electron chi connectivity index (χ1n) is 10.2. The van der Waals surface area contributed by atoms with Gasteiger partial charge in [-0.2, -0.15) is 0 Å². The van der Waals surface area contributed by atoms with Crippen LogP contribution in [0.15, 0.2) is 42.5 Å². The Hall–Kier alpha value is -2.59. The third kappa shape index (κ3) is 3.57. The summed E-state index contributed by atoms with van der Waals surface area (Å²) in [5, 5.41) is 14.7. The molecule has 1 aliphatic carbocycles. The molecule has 1 heterocycles. The van der Waals surface area contributed by atoms with Crippen LogP contribution < -0.4 is 5.32 Å². The second-order valence-electron chi connectivity index (χ2n) is 8.03. The van der Waals surface area contributed by atoms with Gasteiger partial charge in [0.05, 0.1) is 0 Å². The predicted molar refractivity (Wildman–Crippen MR) is 113 cm³/mol. The molecule has 0 spiro atoms. The molecule has 0 atom stereocenters. The molecule has 1 aliphatic rings. The number of carboxylic acids is 1. The molecule has 146 valence electrons. The number of hydrogen-bond acceptors (Lipinski definition) is 2. The number of aryl methyl sites for hydroxylation is 2. The van der Waals surface area contributed by atoms with Crippen molar-refractivity contribution >= 4 is 16.9 Å². The van der Waals surface area contributed by atoms with Gasteiger partial charge in [-0.1, -0.05) is 54.8 Å². The van der Waals surface area contributed by atoms with Gasteiger partial charge < -0.3 is 15.0 Å². The number of benzene rings is 2. The van der Waals surface area contributed by atoms with Crippen molar-refractivity contribution in [1.29, 1.82) is 0 Å². The van der Waals surface area contributed by atoms with Crippen LogP contribution in [0.25, 0.3) is 10.9 Å². The minimum atomic E-state index is -0.857. The van der Waals surface area contributed by atoms with Crippen molar-refractivity contribution in [3.8, 4) is 0 Å². The summed E-state index contributed by atoms with van der Waals surface area (Å²) in [7, 11) is 0. The van der Waals surface area contributed by atoms with Crippen molar-refractivity contribution in [2.45, 2.75) is 58.7 Å². The predicted octanol–water partition coefficient (Wildman–Crippen LogP) is 5.04. The van der Waals surface area contributed by atoms with E-state index in [-0.39, 0.29) is 0 Å².